The van der Waals surface area contributed by atoms with Crippen molar-refractivity contribution in [3.8, 4) is 0 Å². The van der Waals surface area contributed by atoms with E-state index < -0.39 is 5.67 Å². The molecule has 0 radical (unpaired) electrons. The Bertz CT molecular complexity index is 91.6. The molecule has 2 heteroatoms. The van der Waals surface area contributed by atoms with Crippen molar-refractivity contribution in [3.63, 3.8) is 0 Å². The Morgan fingerprint density at radius 1 is 1.67 bits per heavy atom. The normalized spacial score (nSPS) is 27.7. The third kappa shape index (κ3) is 2.31. The predicted octanol–water partition coefficient (Wildman–Crippen LogP) is 1.49. The Morgan fingerprint density at radius 2 is 2.22 bits per heavy atom. The molecule has 0 bridgehead atoms. The monoisotopic (exact) mass is 131 g/mol. The lowest BCUT2D eigenvalue weighted by molar-refractivity contribution is 0.156. The first-order valence-electron chi connectivity index (χ1n) is 3.50. The minimum atomic E-state index is -0.988. The third-order valence-electron chi connectivity index (χ3n) is 1.66. The number of hydrogen-bond acceptors (Lipinski definition) is 1. The SMILES string of the molecule is CC(C)(F)CC1CCN1. The Morgan fingerprint density at radius 3 is 2.33 bits per heavy atom. The van der Waals surface area contributed by atoms with Gasteiger partial charge in [-0.15, -0.1) is 0 Å². The van der Waals surface area contributed by atoms with Gasteiger partial charge in [0.1, 0.15) is 5.67 Å². The average molecular weight is 131 g/mol. The summed E-state index contributed by atoms with van der Waals surface area (Å²) >= 11 is 0. The molecule has 9 heavy (non-hydrogen) atoms. The van der Waals surface area contributed by atoms with E-state index in [2.05, 4.69) is 5.32 Å². The largest absolute Gasteiger partial charge is 0.314 e. The molecule has 0 aromatic carbocycles. The fourth-order valence-electron chi connectivity index (χ4n) is 1.11. The third-order valence-corrected chi connectivity index (χ3v) is 1.66. The van der Waals surface area contributed by atoms with Crippen LogP contribution in [0.3, 0.4) is 0 Å². The summed E-state index contributed by atoms with van der Waals surface area (Å²) < 4.78 is 12.8. The Kier molecular flexibility index (Phi) is 1.75. The summed E-state index contributed by atoms with van der Waals surface area (Å²) in [6, 6.07) is 0.449. The molecule has 0 amide bonds. The van der Waals surface area contributed by atoms with E-state index in [4.69, 9.17) is 0 Å². The van der Waals surface area contributed by atoms with Gasteiger partial charge < -0.3 is 5.32 Å². The molecule has 54 valence electrons. The molecule has 1 aliphatic rings. The Labute approximate surface area is 55.6 Å². The number of halogens is 1. The second-order valence-electron chi connectivity index (χ2n) is 3.36. The summed E-state index contributed by atoms with van der Waals surface area (Å²) in [5, 5.41) is 3.16. The van der Waals surface area contributed by atoms with Gasteiger partial charge in [-0.25, -0.2) is 4.39 Å². The predicted molar refractivity (Wildman–Crippen MR) is 36.2 cm³/mol. The minimum Gasteiger partial charge on any atom is -0.314 e. The molecule has 1 fully saturated rings. The summed E-state index contributed by atoms with van der Waals surface area (Å²) in [7, 11) is 0. The van der Waals surface area contributed by atoms with Gasteiger partial charge in [0, 0.05) is 6.04 Å². The molecular weight excluding hydrogens is 117 g/mol. The molecule has 0 aromatic rings. The van der Waals surface area contributed by atoms with E-state index in [0.717, 1.165) is 13.0 Å². The lowest BCUT2D eigenvalue weighted by Crippen LogP contribution is -2.45. The molecule has 1 saturated heterocycles. The summed E-state index contributed by atoms with van der Waals surface area (Å²) in [4.78, 5) is 0. The van der Waals surface area contributed by atoms with Gasteiger partial charge >= 0.3 is 0 Å². The smallest absolute Gasteiger partial charge is 0.107 e. The van der Waals surface area contributed by atoms with Crippen LogP contribution in [-0.2, 0) is 0 Å². The standard InChI is InChI=1S/C7H14FN/c1-7(2,8)5-6-3-4-9-6/h6,9H,3-5H2,1-2H3. The van der Waals surface area contributed by atoms with Gasteiger partial charge in [0.25, 0.3) is 0 Å². The van der Waals surface area contributed by atoms with Gasteiger partial charge in [0.05, 0.1) is 0 Å². The van der Waals surface area contributed by atoms with Crippen LogP contribution in [0.5, 0.6) is 0 Å². The van der Waals surface area contributed by atoms with Crippen LogP contribution in [0.4, 0.5) is 4.39 Å². The summed E-state index contributed by atoms with van der Waals surface area (Å²) in [5.41, 5.74) is -0.988. The number of nitrogens with one attached hydrogen (secondary N) is 1. The zero-order valence-electron chi connectivity index (χ0n) is 6.08. The number of hydrogen-bond donors (Lipinski definition) is 1. The maximum absolute atomic E-state index is 12.8. The topological polar surface area (TPSA) is 12.0 Å². The molecule has 1 unspecified atom stereocenters. The Hall–Kier alpha value is -0.110. The van der Waals surface area contributed by atoms with E-state index in [1.807, 2.05) is 0 Å². The highest BCUT2D eigenvalue weighted by molar-refractivity contribution is 4.83. The van der Waals surface area contributed by atoms with Gasteiger partial charge in [0.2, 0.25) is 0 Å². The fourth-order valence-corrected chi connectivity index (χ4v) is 1.11. The lowest BCUT2D eigenvalue weighted by Gasteiger charge is -2.31. The van der Waals surface area contributed by atoms with E-state index in [-0.39, 0.29) is 0 Å². The van der Waals surface area contributed by atoms with Crippen molar-refractivity contribution >= 4 is 0 Å². The highest BCUT2D eigenvalue weighted by Gasteiger charge is 2.25. The fraction of sp³-hybridized carbons (Fsp3) is 1.00. The first-order valence-corrected chi connectivity index (χ1v) is 3.50. The van der Waals surface area contributed by atoms with Gasteiger partial charge in [-0.05, 0) is 33.2 Å². The zero-order chi connectivity index (χ0) is 6.91. The molecule has 0 spiro atoms. The minimum absolute atomic E-state index is 0.449. The van der Waals surface area contributed by atoms with Crippen LogP contribution in [-0.4, -0.2) is 18.3 Å². The van der Waals surface area contributed by atoms with Crippen LogP contribution in [0, 0.1) is 0 Å². The van der Waals surface area contributed by atoms with Crippen molar-refractivity contribution in [2.24, 2.45) is 0 Å². The zero-order valence-corrected chi connectivity index (χ0v) is 6.08. The van der Waals surface area contributed by atoms with Crippen LogP contribution < -0.4 is 5.32 Å². The highest BCUT2D eigenvalue weighted by Crippen LogP contribution is 2.20. The van der Waals surface area contributed by atoms with E-state index in [9.17, 15) is 4.39 Å². The quantitative estimate of drug-likeness (QED) is 0.598. The van der Waals surface area contributed by atoms with Crippen LogP contribution in [0.15, 0.2) is 0 Å². The van der Waals surface area contributed by atoms with E-state index in [1.165, 1.54) is 0 Å². The van der Waals surface area contributed by atoms with Crippen molar-refractivity contribution in [1.82, 2.24) is 5.32 Å². The summed E-state index contributed by atoms with van der Waals surface area (Å²) in [6.45, 7) is 4.33. The molecule has 1 aliphatic heterocycles. The van der Waals surface area contributed by atoms with Crippen molar-refractivity contribution in [1.29, 1.82) is 0 Å². The number of rotatable bonds is 2. The van der Waals surface area contributed by atoms with Crippen molar-refractivity contribution in [3.05, 3.63) is 0 Å². The molecule has 1 N–H and O–H groups in total. The maximum atomic E-state index is 12.8. The average Bonchev–Trinajstić information content (AvgIpc) is 1.53. The molecular formula is C7H14FN. The molecule has 1 atom stereocenters. The Balaban J connectivity index is 2.16. The molecule has 0 saturated carbocycles. The molecule has 0 aromatic heterocycles. The van der Waals surface area contributed by atoms with Crippen LogP contribution in [0.2, 0.25) is 0 Å². The molecule has 0 aliphatic carbocycles. The first kappa shape index (κ1) is 7.00. The van der Waals surface area contributed by atoms with E-state index in [1.54, 1.807) is 13.8 Å². The van der Waals surface area contributed by atoms with Gasteiger partial charge in [0.15, 0.2) is 0 Å². The molecule has 1 rings (SSSR count). The first-order chi connectivity index (χ1) is 4.08. The van der Waals surface area contributed by atoms with Gasteiger partial charge in [-0.3, -0.25) is 0 Å². The summed E-state index contributed by atoms with van der Waals surface area (Å²) in [6.07, 6.45) is 1.81. The summed E-state index contributed by atoms with van der Waals surface area (Å²) in [5.74, 6) is 0. The van der Waals surface area contributed by atoms with Crippen LogP contribution in [0.1, 0.15) is 26.7 Å². The van der Waals surface area contributed by atoms with Gasteiger partial charge in [-0.1, -0.05) is 0 Å². The molecule has 1 nitrogen and oxygen atoms in total. The second kappa shape index (κ2) is 2.25. The maximum Gasteiger partial charge on any atom is 0.107 e. The van der Waals surface area contributed by atoms with E-state index in [0.29, 0.717) is 12.5 Å². The van der Waals surface area contributed by atoms with Crippen LogP contribution in [0.25, 0.3) is 0 Å². The molecule has 1 heterocycles. The van der Waals surface area contributed by atoms with Crippen molar-refractivity contribution in [2.45, 2.75) is 38.4 Å². The van der Waals surface area contributed by atoms with E-state index >= 15 is 0 Å². The van der Waals surface area contributed by atoms with Crippen molar-refractivity contribution < 1.29 is 4.39 Å². The number of alkyl halides is 1. The van der Waals surface area contributed by atoms with Gasteiger partial charge in [-0.2, -0.15) is 0 Å². The van der Waals surface area contributed by atoms with Crippen LogP contribution >= 0.6 is 0 Å². The highest BCUT2D eigenvalue weighted by atomic mass is 19.1. The van der Waals surface area contributed by atoms with Crippen molar-refractivity contribution in [2.75, 3.05) is 6.54 Å². The second-order valence-corrected chi connectivity index (χ2v) is 3.36. The lowest BCUT2D eigenvalue weighted by atomic mass is 9.94.